The Hall–Kier alpha value is -2.10. The molecule has 2 aromatic rings. The molecule has 0 bridgehead atoms. The van der Waals surface area contributed by atoms with E-state index in [2.05, 4.69) is 35.9 Å². The van der Waals surface area contributed by atoms with Gasteiger partial charge in [0.2, 0.25) is 0 Å². The number of hydrogen-bond donors (Lipinski definition) is 1. The van der Waals surface area contributed by atoms with Crippen molar-refractivity contribution in [2.45, 2.75) is 26.2 Å². The lowest BCUT2D eigenvalue weighted by Gasteiger charge is -2.10. The van der Waals surface area contributed by atoms with Gasteiger partial charge in [-0.05, 0) is 30.0 Å². The van der Waals surface area contributed by atoms with Crippen LogP contribution in [-0.2, 0) is 0 Å². The van der Waals surface area contributed by atoms with Crippen LogP contribution < -0.4 is 10.5 Å². The molecule has 18 heavy (non-hydrogen) atoms. The van der Waals surface area contributed by atoms with E-state index in [0.717, 1.165) is 6.42 Å². The first-order valence-electron chi connectivity index (χ1n) is 6.05. The van der Waals surface area contributed by atoms with E-state index in [1.165, 1.54) is 11.8 Å². The molecule has 0 saturated carbocycles. The number of anilines is 1. The Balaban J connectivity index is 2.14. The summed E-state index contributed by atoms with van der Waals surface area (Å²) in [6, 6.07) is 7.98. The van der Waals surface area contributed by atoms with Crippen LogP contribution in [0.25, 0.3) is 0 Å². The largest absolute Gasteiger partial charge is 0.436 e. The van der Waals surface area contributed by atoms with E-state index < -0.39 is 0 Å². The molecular formula is C14H17N3O. The highest BCUT2D eigenvalue weighted by molar-refractivity contribution is 5.42. The maximum absolute atomic E-state index is 5.67. The van der Waals surface area contributed by atoms with Gasteiger partial charge in [-0.25, -0.2) is 9.97 Å². The summed E-state index contributed by atoms with van der Waals surface area (Å²) in [5, 5.41) is 0. The Morgan fingerprint density at radius 3 is 2.44 bits per heavy atom. The van der Waals surface area contributed by atoms with Gasteiger partial charge < -0.3 is 10.5 Å². The quantitative estimate of drug-likeness (QED) is 0.894. The van der Waals surface area contributed by atoms with Crippen molar-refractivity contribution >= 4 is 5.82 Å². The number of ether oxygens (including phenoxy) is 1. The molecule has 0 amide bonds. The molecular weight excluding hydrogens is 226 g/mol. The zero-order chi connectivity index (χ0) is 13.0. The molecule has 1 aromatic carbocycles. The molecule has 1 atom stereocenters. The molecule has 2 rings (SSSR count). The van der Waals surface area contributed by atoms with Crippen LogP contribution in [0, 0.1) is 0 Å². The van der Waals surface area contributed by atoms with E-state index in [1.807, 2.05) is 12.1 Å². The third-order valence-electron chi connectivity index (χ3n) is 2.97. The minimum absolute atomic E-state index is 0.295. The van der Waals surface area contributed by atoms with Gasteiger partial charge >= 0.3 is 0 Å². The van der Waals surface area contributed by atoms with Crippen LogP contribution in [0.4, 0.5) is 5.82 Å². The molecule has 0 aliphatic rings. The molecule has 94 valence electrons. The first-order chi connectivity index (χ1) is 8.70. The van der Waals surface area contributed by atoms with Crippen molar-refractivity contribution in [2.75, 3.05) is 5.73 Å². The average Bonchev–Trinajstić information content (AvgIpc) is 2.41. The van der Waals surface area contributed by atoms with E-state index in [0.29, 0.717) is 23.4 Å². The fourth-order valence-electron chi connectivity index (χ4n) is 1.63. The number of rotatable bonds is 4. The third kappa shape index (κ3) is 2.77. The third-order valence-corrected chi connectivity index (χ3v) is 2.97. The average molecular weight is 243 g/mol. The lowest BCUT2D eigenvalue weighted by atomic mass is 9.99. The summed E-state index contributed by atoms with van der Waals surface area (Å²) in [7, 11) is 0. The first-order valence-corrected chi connectivity index (χ1v) is 6.05. The number of benzene rings is 1. The predicted octanol–water partition coefficient (Wildman–Crippen LogP) is 3.36. The number of nitrogens with zero attached hydrogens (tertiary/aromatic N) is 2. The van der Waals surface area contributed by atoms with Gasteiger partial charge in [0, 0.05) is 12.4 Å². The number of nitrogens with two attached hydrogens (primary N) is 1. The molecule has 0 saturated heterocycles. The van der Waals surface area contributed by atoms with Crippen LogP contribution in [0.3, 0.4) is 0 Å². The monoisotopic (exact) mass is 243 g/mol. The Bertz CT molecular complexity index is 511. The highest BCUT2D eigenvalue weighted by atomic mass is 16.5. The van der Waals surface area contributed by atoms with E-state index in [4.69, 9.17) is 10.5 Å². The molecule has 1 unspecified atom stereocenters. The highest BCUT2D eigenvalue weighted by Crippen LogP contribution is 2.25. The molecule has 1 heterocycles. The summed E-state index contributed by atoms with van der Waals surface area (Å²) in [6.45, 7) is 4.38. The molecule has 4 heteroatoms. The molecule has 0 aliphatic heterocycles. The van der Waals surface area contributed by atoms with Crippen molar-refractivity contribution in [3.8, 4) is 11.6 Å². The van der Waals surface area contributed by atoms with Crippen molar-refractivity contribution in [1.29, 1.82) is 0 Å². The van der Waals surface area contributed by atoms with E-state index >= 15 is 0 Å². The summed E-state index contributed by atoms with van der Waals surface area (Å²) in [5.41, 5.74) is 6.97. The minimum Gasteiger partial charge on any atom is -0.436 e. The zero-order valence-corrected chi connectivity index (χ0v) is 10.6. The smallest absolute Gasteiger partial charge is 0.262 e. The number of nitrogen functional groups attached to an aromatic ring is 1. The van der Waals surface area contributed by atoms with Gasteiger partial charge in [0.25, 0.3) is 5.88 Å². The highest BCUT2D eigenvalue weighted by Gasteiger charge is 2.06. The van der Waals surface area contributed by atoms with E-state index in [-0.39, 0.29) is 0 Å². The van der Waals surface area contributed by atoms with Crippen LogP contribution in [0.2, 0.25) is 0 Å². The summed E-state index contributed by atoms with van der Waals surface area (Å²) >= 11 is 0. The maximum Gasteiger partial charge on any atom is 0.262 e. The van der Waals surface area contributed by atoms with Crippen LogP contribution in [0.1, 0.15) is 31.7 Å². The lowest BCUT2D eigenvalue weighted by Crippen LogP contribution is -1.97. The standard InChI is InChI=1S/C14H17N3O/c1-3-10(2)11-4-6-12(7-5-11)18-14-13(15)16-8-9-17-14/h4-10H,3H2,1-2H3,(H2,15,16). The zero-order valence-electron chi connectivity index (χ0n) is 10.6. The molecule has 1 aromatic heterocycles. The fourth-order valence-corrected chi connectivity index (χ4v) is 1.63. The molecule has 0 aliphatic carbocycles. The van der Waals surface area contributed by atoms with Gasteiger partial charge in [-0.2, -0.15) is 0 Å². The van der Waals surface area contributed by atoms with Crippen LogP contribution in [0.15, 0.2) is 36.7 Å². The maximum atomic E-state index is 5.67. The lowest BCUT2D eigenvalue weighted by molar-refractivity contribution is 0.463. The topological polar surface area (TPSA) is 61.0 Å². The summed E-state index contributed by atoms with van der Waals surface area (Å²) < 4.78 is 5.58. The Kier molecular flexibility index (Phi) is 3.77. The van der Waals surface area contributed by atoms with Crippen LogP contribution in [-0.4, -0.2) is 9.97 Å². The second-order valence-electron chi connectivity index (χ2n) is 4.23. The molecule has 0 radical (unpaired) electrons. The van der Waals surface area contributed by atoms with Gasteiger partial charge in [-0.1, -0.05) is 26.0 Å². The van der Waals surface area contributed by atoms with Crippen molar-refractivity contribution in [3.05, 3.63) is 42.2 Å². The van der Waals surface area contributed by atoms with Crippen molar-refractivity contribution in [2.24, 2.45) is 0 Å². The Morgan fingerprint density at radius 2 is 1.83 bits per heavy atom. The molecule has 0 spiro atoms. The van der Waals surface area contributed by atoms with Crippen molar-refractivity contribution in [3.63, 3.8) is 0 Å². The molecule has 2 N–H and O–H groups in total. The van der Waals surface area contributed by atoms with Crippen LogP contribution >= 0.6 is 0 Å². The van der Waals surface area contributed by atoms with E-state index in [9.17, 15) is 0 Å². The SMILES string of the molecule is CCC(C)c1ccc(Oc2nccnc2N)cc1. The van der Waals surface area contributed by atoms with Gasteiger partial charge in [-0.3, -0.25) is 0 Å². The fraction of sp³-hybridized carbons (Fsp3) is 0.286. The van der Waals surface area contributed by atoms with Crippen molar-refractivity contribution < 1.29 is 4.74 Å². The van der Waals surface area contributed by atoms with Gasteiger partial charge in [0.15, 0.2) is 5.82 Å². The molecule has 4 nitrogen and oxygen atoms in total. The number of aromatic nitrogens is 2. The second-order valence-corrected chi connectivity index (χ2v) is 4.23. The predicted molar refractivity (Wildman–Crippen MR) is 71.7 cm³/mol. The van der Waals surface area contributed by atoms with Crippen molar-refractivity contribution in [1.82, 2.24) is 9.97 Å². The van der Waals surface area contributed by atoms with Gasteiger partial charge in [0.05, 0.1) is 0 Å². The summed E-state index contributed by atoms with van der Waals surface area (Å²) in [4.78, 5) is 7.96. The Morgan fingerprint density at radius 1 is 1.17 bits per heavy atom. The van der Waals surface area contributed by atoms with Gasteiger partial charge in [-0.15, -0.1) is 0 Å². The first kappa shape index (κ1) is 12.4. The summed E-state index contributed by atoms with van der Waals surface area (Å²) in [6.07, 6.45) is 4.21. The second kappa shape index (κ2) is 5.49. The normalized spacial score (nSPS) is 12.1. The van der Waals surface area contributed by atoms with Crippen LogP contribution in [0.5, 0.6) is 11.6 Å². The minimum atomic E-state index is 0.295. The number of hydrogen-bond acceptors (Lipinski definition) is 4. The molecule has 0 fully saturated rings. The van der Waals surface area contributed by atoms with E-state index in [1.54, 1.807) is 6.20 Å². The summed E-state index contributed by atoms with van der Waals surface area (Å²) in [5.74, 6) is 1.91. The van der Waals surface area contributed by atoms with Gasteiger partial charge in [0.1, 0.15) is 5.75 Å². The Labute approximate surface area is 107 Å².